The molecule has 0 aliphatic carbocycles. The van der Waals surface area contributed by atoms with Crippen molar-refractivity contribution < 1.29 is 18.4 Å². The second-order valence-corrected chi connectivity index (χ2v) is 5.88. The molecule has 0 bridgehead atoms. The standard InChI is InChI=1S/C16H20FN5O3/c1-24-8-6-14-20-15(25-21-14)11-3-2-7-22(10-11)16(23)19-12-4-5-13(17)18-9-12/h4-5,9,11H,2-3,6-8,10H2,1H3,(H,19,23)/t11-/m1/s1. The maximum absolute atomic E-state index is 12.8. The molecular formula is C16H20FN5O3. The molecule has 0 spiro atoms. The van der Waals surface area contributed by atoms with Crippen LogP contribution in [0.3, 0.4) is 0 Å². The highest BCUT2D eigenvalue weighted by molar-refractivity contribution is 5.89. The van der Waals surface area contributed by atoms with E-state index in [0.29, 0.717) is 43.5 Å². The van der Waals surface area contributed by atoms with Gasteiger partial charge < -0.3 is 19.5 Å². The molecule has 3 heterocycles. The van der Waals surface area contributed by atoms with Gasteiger partial charge in [-0.2, -0.15) is 9.37 Å². The van der Waals surface area contributed by atoms with Crippen LogP contribution < -0.4 is 5.32 Å². The number of ether oxygens (including phenoxy) is 1. The van der Waals surface area contributed by atoms with E-state index in [9.17, 15) is 9.18 Å². The summed E-state index contributed by atoms with van der Waals surface area (Å²) in [7, 11) is 1.62. The van der Waals surface area contributed by atoms with Gasteiger partial charge in [-0.15, -0.1) is 0 Å². The van der Waals surface area contributed by atoms with Crippen LogP contribution in [0.15, 0.2) is 22.9 Å². The van der Waals surface area contributed by atoms with Crippen LogP contribution in [0.5, 0.6) is 0 Å². The Hall–Kier alpha value is -2.55. The van der Waals surface area contributed by atoms with Gasteiger partial charge in [0.2, 0.25) is 11.8 Å². The van der Waals surface area contributed by atoms with E-state index in [2.05, 4.69) is 20.4 Å². The zero-order valence-electron chi connectivity index (χ0n) is 13.9. The lowest BCUT2D eigenvalue weighted by molar-refractivity contribution is 0.184. The highest BCUT2D eigenvalue weighted by atomic mass is 19.1. The van der Waals surface area contributed by atoms with Gasteiger partial charge in [0.1, 0.15) is 0 Å². The molecule has 0 aromatic carbocycles. The fraction of sp³-hybridized carbons (Fsp3) is 0.500. The minimum Gasteiger partial charge on any atom is -0.384 e. The molecule has 1 saturated heterocycles. The molecular weight excluding hydrogens is 329 g/mol. The number of halogens is 1. The van der Waals surface area contributed by atoms with E-state index in [1.807, 2.05) is 0 Å². The van der Waals surface area contributed by atoms with Crippen LogP contribution in [0.4, 0.5) is 14.9 Å². The van der Waals surface area contributed by atoms with Crippen molar-refractivity contribution in [2.75, 3.05) is 32.1 Å². The third kappa shape index (κ3) is 4.50. The molecule has 2 aromatic heterocycles. The van der Waals surface area contributed by atoms with Crippen molar-refractivity contribution in [3.05, 3.63) is 36.0 Å². The second-order valence-electron chi connectivity index (χ2n) is 5.88. The van der Waals surface area contributed by atoms with Gasteiger partial charge in [0.15, 0.2) is 5.82 Å². The monoisotopic (exact) mass is 349 g/mol. The van der Waals surface area contributed by atoms with E-state index < -0.39 is 5.95 Å². The molecule has 8 nitrogen and oxygen atoms in total. The molecule has 1 atom stereocenters. The zero-order chi connectivity index (χ0) is 17.6. The first kappa shape index (κ1) is 17.3. The summed E-state index contributed by atoms with van der Waals surface area (Å²) < 4.78 is 23.2. The first-order chi connectivity index (χ1) is 12.2. The number of urea groups is 1. The van der Waals surface area contributed by atoms with Crippen molar-refractivity contribution in [1.82, 2.24) is 20.0 Å². The van der Waals surface area contributed by atoms with Gasteiger partial charge in [-0.1, -0.05) is 5.16 Å². The summed E-state index contributed by atoms with van der Waals surface area (Å²) in [5.41, 5.74) is 0.452. The number of methoxy groups -OCH3 is 1. The average molecular weight is 349 g/mol. The van der Waals surface area contributed by atoms with Crippen molar-refractivity contribution in [3.8, 4) is 0 Å². The molecule has 25 heavy (non-hydrogen) atoms. The van der Waals surface area contributed by atoms with Crippen molar-refractivity contribution in [2.24, 2.45) is 0 Å². The Bertz CT molecular complexity index is 706. The fourth-order valence-electron chi connectivity index (χ4n) is 2.74. The molecule has 0 radical (unpaired) electrons. The Labute approximate surface area is 144 Å². The number of likely N-dealkylation sites (tertiary alicyclic amines) is 1. The summed E-state index contributed by atoms with van der Waals surface area (Å²) >= 11 is 0. The predicted octanol–water partition coefficient (Wildman–Crippen LogP) is 2.20. The number of carbonyl (C=O) groups excluding carboxylic acids is 1. The first-order valence-electron chi connectivity index (χ1n) is 8.14. The van der Waals surface area contributed by atoms with Gasteiger partial charge in [-0.05, 0) is 25.0 Å². The molecule has 9 heteroatoms. The van der Waals surface area contributed by atoms with E-state index in [4.69, 9.17) is 9.26 Å². The van der Waals surface area contributed by atoms with Gasteiger partial charge in [-0.3, -0.25) is 0 Å². The minimum atomic E-state index is -0.586. The van der Waals surface area contributed by atoms with Crippen LogP contribution in [0.2, 0.25) is 0 Å². The zero-order valence-corrected chi connectivity index (χ0v) is 13.9. The van der Waals surface area contributed by atoms with Gasteiger partial charge in [0.05, 0.1) is 24.4 Å². The van der Waals surface area contributed by atoms with Gasteiger partial charge in [-0.25, -0.2) is 9.78 Å². The molecule has 134 valence electrons. The van der Waals surface area contributed by atoms with Crippen LogP contribution in [0.25, 0.3) is 0 Å². The molecule has 0 saturated carbocycles. The number of piperidine rings is 1. The second kappa shape index (κ2) is 8.02. The lowest BCUT2D eigenvalue weighted by atomic mass is 9.98. The Morgan fingerprint density at radius 3 is 3.16 bits per heavy atom. The molecule has 1 N–H and O–H groups in total. The number of aromatic nitrogens is 3. The van der Waals surface area contributed by atoms with Crippen molar-refractivity contribution in [1.29, 1.82) is 0 Å². The number of anilines is 1. The molecule has 2 amide bonds. The molecule has 2 aromatic rings. The lowest BCUT2D eigenvalue weighted by Crippen LogP contribution is -2.41. The van der Waals surface area contributed by atoms with E-state index >= 15 is 0 Å². The molecule has 1 aliphatic rings. The number of rotatable bonds is 5. The summed E-state index contributed by atoms with van der Waals surface area (Å²) in [5.74, 6) is 0.578. The van der Waals surface area contributed by atoms with Crippen LogP contribution in [-0.2, 0) is 11.2 Å². The SMILES string of the molecule is COCCc1noc([C@@H]2CCCN(C(=O)Nc3ccc(F)nc3)C2)n1. The van der Waals surface area contributed by atoms with Gasteiger partial charge in [0, 0.05) is 26.6 Å². The van der Waals surface area contributed by atoms with Gasteiger partial charge >= 0.3 is 6.03 Å². The maximum atomic E-state index is 12.8. The fourth-order valence-corrected chi connectivity index (χ4v) is 2.74. The largest absolute Gasteiger partial charge is 0.384 e. The highest BCUT2D eigenvalue weighted by Gasteiger charge is 2.28. The molecule has 1 fully saturated rings. The van der Waals surface area contributed by atoms with Crippen LogP contribution in [0.1, 0.15) is 30.5 Å². The van der Waals surface area contributed by atoms with E-state index in [1.165, 1.54) is 18.3 Å². The van der Waals surface area contributed by atoms with E-state index in [-0.39, 0.29) is 11.9 Å². The molecule has 1 aliphatic heterocycles. The number of hydrogen-bond donors (Lipinski definition) is 1. The molecule has 0 unspecified atom stereocenters. The van der Waals surface area contributed by atoms with E-state index in [1.54, 1.807) is 12.0 Å². The number of pyridine rings is 1. The van der Waals surface area contributed by atoms with Crippen molar-refractivity contribution in [2.45, 2.75) is 25.2 Å². The summed E-state index contributed by atoms with van der Waals surface area (Å²) in [6.07, 6.45) is 3.60. The number of nitrogens with zero attached hydrogens (tertiary/aromatic N) is 4. The highest BCUT2D eigenvalue weighted by Crippen LogP contribution is 2.26. The normalized spacial score (nSPS) is 17.5. The third-order valence-corrected chi connectivity index (χ3v) is 4.05. The summed E-state index contributed by atoms with van der Waals surface area (Å²) in [5, 5.41) is 6.66. The average Bonchev–Trinajstić information content (AvgIpc) is 3.11. The summed E-state index contributed by atoms with van der Waals surface area (Å²) in [6.45, 7) is 1.66. The first-order valence-corrected chi connectivity index (χ1v) is 8.14. The number of hydrogen-bond acceptors (Lipinski definition) is 6. The quantitative estimate of drug-likeness (QED) is 0.832. The van der Waals surface area contributed by atoms with E-state index in [0.717, 1.165) is 12.8 Å². The Balaban J connectivity index is 1.59. The minimum absolute atomic E-state index is 0.00892. The van der Waals surface area contributed by atoms with Crippen LogP contribution in [-0.4, -0.2) is 52.9 Å². The maximum Gasteiger partial charge on any atom is 0.321 e. The Kier molecular flexibility index (Phi) is 5.54. The van der Waals surface area contributed by atoms with Gasteiger partial charge in [0.25, 0.3) is 0 Å². The predicted molar refractivity (Wildman–Crippen MR) is 86.6 cm³/mol. The summed E-state index contributed by atoms with van der Waals surface area (Å²) in [6, 6.07) is 2.42. The van der Waals surface area contributed by atoms with Crippen LogP contribution >= 0.6 is 0 Å². The lowest BCUT2D eigenvalue weighted by Gasteiger charge is -2.31. The Morgan fingerprint density at radius 2 is 2.40 bits per heavy atom. The Morgan fingerprint density at radius 1 is 1.52 bits per heavy atom. The van der Waals surface area contributed by atoms with Crippen molar-refractivity contribution in [3.63, 3.8) is 0 Å². The molecule has 3 rings (SSSR count). The smallest absolute Gasteiger partial charge is 0.321 e. The summed E-state index contributed by atoms with van der Waals surface area (Å²) in [4.78, 5) is 22.0. The third-order valence-electron chi connectivity index (χ3n) is 4.05. The number of amides is 2. The number of nitrogens with one attached hydrogen (secondary N) is 1. The van der Waals surface area contributed by atoms with Crippen molar-refractivity contribution >= 4 is 11.7 Å². The topological polar surface area (TPSA) is 93.4 Å². The number of carbonyl (C=O) groups is 1. The van der Waals surface area contributed by atoms with Crippen LogP contribution in [0, 0.1) is 5.95 Å².